The van der Waals surface area contributed by atoms with Crippen LogP contribution in [-0.4, -0.2) is 18.3 Å². The topological polar surface area (TPSA) is 63.4 Å². The van der Waals surface area contributed by atoms with Crippen LogP contribution in [0.5, 0.6) is 11.5 Å². The van der Waals surface area contributed by atoms with Gasteiger partial charge >= 0.3 is 0 Å². The Kier molecular flexibility index (Phi) is 4.15. The molecule has 0 radical (unpaired) electrons. The quantitative estimate of drug-likeness (QED) is 0.703. The molecule has 128 valence electrons. The van der Waals surface area contributed by atoms with Gasteiger partial charge in [0.1, 0.15) is 0 Å². The molecule has 0 aliphatic carbocycles. The molecule has 5 heteroatoms. The van der Waals surface area contributed by atoms with Gasteiger partial charge in [0.2, 0.25) is 6.79 Å². The van der Waals surface area contributed by atoms with Gasteiger partial charge in [0.15, 0.2) is 11.5 Å². The Morgan fingerprint density at radius 3 is 2.72 bits per heavy atom. The molecule has 0 atom stereocenters. The van der Waals surface area contributed by atoms with Crippen LogP contribution >= 0.6 is 0 Å². The van der Waals surface area contributed by atoms with Gasteiger partial charge in [-0.05, 0) is 43.1 Å². The third kappa shape index (κ3) is 3.23. The van der Waals surface area contributed by atoms with Crippen LogP contribution in [0.1, 0.15) is 16.7 Å². The smallest absolute Gasteiger partial charge is 0.252 e. The lowest BCUT2D eigenvalue weighted by atomic mass is 10.1. The van der Waals surface area contributed by atoms with E-state index >= 15 is 0 Å². The van der Waals surface area contributed by atoms with Crippen molar-refractivity contribution in [3.05, 3.63) is 69.5 Å². The first-order valence-corrected chi connectivity index (χ1v) is 8.41. The highest BCUT2D eigenvalue weighted by atomic mass is 16.7. The molecule has 0 bridgehead atoms. The highest BCUT2D eigenvalue weighted by molar-refractivity contribution is 5.83. The lowest BCUT2D eigenvalue weighted by Crippen LogP contribution is -2.23. The third-order valence-corrected chi connectivity index (χ3v) is 4.56. The number of aryl methyl sites for hydroxylation is 1. The van der Waals surface area contributed by atoms with Gasteiger partial charge in [-0.25, -0.2) is 0 Å². The number of nitrogens with one attached hydrogen (secondary N) is 2. The third-order valence-electron chi connectivity index (χ3n) is 4.56. The Bertz CT molecular complexity index is 978. The molecule has 0 spiro atoms. The molecule has 1 aliphatic heterocycles. The molecule has 2 N–H and O–H groups in total. The van der Waals surface area contributed by atoms with E-state index in [0.29, 0.717) is 12.3 Å². The van der Waals surface area contributed by atoms with E-state index in [9.17, 15) is 4.79 Å². The Labute approximate surface area is 145 Å². The second-order valence-electron chi connectivity index (χ2n) is 6.27. The van der Waals surface area contributed by atoms with Gasteiger partial charge in [0.25, 0.3) is 5.56 Å². The van der Waals surface area contributed by atoms with E-state index in [1.54, 1.807) is 0 Å². The molecule has 0 saturated heterocycles. The number of aromatic nitrogens is 1. The molecule has 2 aromatic carbocycles. The summed E-state index contributed by atoms with van der Waals surface area (Å²) in [5.74, 6) is 1.39. The van der Waals surface area contributed by atoms with Crippen LogP contribution < -0.4 is 20.3 Å². The van der Waals surface area contributed by atoms with Crippen LogP contribution in [0.15, 0.2) is 47.3 Å². The first-order chi connectivity index (χ1) is 12.2. The predicted molar refractivity (Wildman–Crippen MR) is 97.3 cm³/mol. The van der Waals surface area contributed by atoms with Crippen LogP contribution in [0, 0.1) is 6.92 Å². The minimum absolute atomic E-state index is 0.0743. The summed E-state index contributed by atoms with van der Waals surface area (Å²) >= 11 is 0. The standard InChI is InChI=1S/C20H20N2O3/c1-13-4-2-3-5-14(13)6-7-21-11-16-8-15-9-18-19(25-12-24-18)10-17(15)22-20(16)23/h2-5,8-10,21H,6-7,11-12H2,1H3,(H,22,23). The number of hydrogen-bond donors (Lipinski definition) is 2. The number of aromatic amines is 1. The van der Waals surface area contributed by atoms with Crippen LogP contribution in [0.4, 0.5) is 0 Å². The largest absolute Gasteiger partial charge is 0.454 e. The first kappa shape index (κ1) is 15.7. The molecule has 1 aromatic heterocycles. The second-order valence-corrected chi connectivity index (χ2v) is 6.27. The summed E-state index contributed by atoms with van der Waals surface area (Å²) in [6.45, 7) is 3.70. The zero-order valence-electron chi connectivity index (χ0n) is 14.1. The fourth-order valence-corrected chi connectivity index (χ4v) is 3.11. The number of rotatable bonds is 5. The molecule has 25 heavy (non-hydrogen) atoms. The van der Waals surface area contributed by atoms with Crippen molar-refractivity contribution in [2.24, 2.45) is 0 Å². The van der Waals surface area contributed by atoms with E-state index in [4.69, 9.17) is 9.47 Å². The fraction of sp³-hybridized carbons (Fsp3) is 0.250. The van der Waals surface area contributed by atoms with Crippen molar-refractivity contribution in [3.8, 4) is 11.5 Å². The summed E-state index contributed by atoms with van der Waals surface area (Å²) in [5, 5.41) is 4.30. The summed E-state index contributed by atoms with van der Waals surface area (Å²) in [6, 6.07) is 14.0. The molecular weight excluding hydrogens is 316 g/mol. The van der Waals surface area contributed by atoms with Crippen molar-refractivity contribution in [3.63, 3.8) is 0 Å². The predicted octanol–water partition coefficient (Wildman–Crippen LogP) is 2.90. The number of benzene rings is 2. The molecule has 0 amide bonds. The molecule has 5 nitrogen and oxygen atoms in total. The second kappa shape index (κ2) is 6.61. The van der Waals surface area contributed by atoms with Crippen LogP contribution in [0.25, 0.3) is 10.9 Å². The van der Waals surface area contributed by atoms with Crippen molar-refractivity contribution in [1.29, 1.82) is 0 Å². The van der Waals surface area contributed by atoms with Crippen molar-refractivity contribution < 1.29 is 9.47 Å². The molecular formula is C20H20N2O3. The van der Waals surface area contributed by atoms with Crippen LogP contribution in [-0.2, 0) is 13.0 Å². The summed E-state index contributed by atoms with van der Waals surface area (Å²) in [5.41, 5.74) is 4.03. The maximum atomic E-state index is 12.3. The van der Waals surface area contributed by atoms with Gasteiger partial charge < -0.3 is 19.8 Å². The normalized spacial score (nSPS) is 12.7. The van der Waals surface area contributed by atoms with Gasteiger partial charge in [0, 0.05) is 23.6 Å². The van der Waals surface area contributed by atoms with Gasteiger partial charge in [-0.3, -0.25) is 4.79 Å². The van der Waals surface area contributed by atoms with E-state index in [1.165, 1.54) is 11.1 Å². The molecule has 0 saturated carbocycles. The number of H-pyrrole nitrogens is 1. The Morgan fingerprint density at radius 1 is 1.08 bits per heavy atom. The molecule has 0 fully saturated rings. The Morgan fingerprint density at radius 2 is 1.88 bits per heavy atom. The Hall–Kier alpha value is -2.79. The van der Waals surface area contributed by atoms with Crippen molar-refractivity contribution in [2.75, 3.05) is 13.3 Å². The zero-order chi connectivity index (χ0) is 17.2. The van der Waals surface area contributed by atoms with Gasteiger partial charge in [-0.1, -0.05) is 24.3 Å². The molecule has 0 unspecified atom stereocenters. The van der Waals surface area contributed by atoms with Crippen molar-refractivity contribution in [2.45, 2.75) is 19.9 Å². The van der Waals surface area contributed by atoms with Crippen molar-refractivity contribution >= 4 is 10.9 Å². The van der Waals surface area contributed by atoms with E-state index in [1.807, 2.05) is 24.3 Å². The van der Waals surface area contributed by atoms with Gasteiger partial charge in [0.05, 0.1) is 5.52 Å². The fourth-order valence-electron chi connectivity index (χ4n) is 3.11. The highest BCUT2D eigenvalue weighted by Crippen LogP contribution is 2.35. The molecule has 1 aliphatic rings. The molecule has 4 rings (SSSR count). The lowest BCUT2D eigenvalue weighted by Gasteiger charge is -2.08. The van der Waals surface area contributed by atoms with Gasteiger partial charge in [-0.2, -0.15) is 0 Å². The minimum atomic E-state index is -0.0743. The zero-order valence-corrected chi connectivity index (χ0v) is 14.1. The summed E-state index contributed by atoms with van der Waals surface area (Å²) < 4.78 is 10.8. The number of pyridine rings is 1. The highest BCUT2D eigenvalue weighted by Gasteiger charge is 2.15. The van der Waals surface area contributed by atoms with Crippen molar-refractivity contribution in [1.82, 2.24) is 10.3 Å². The maximum absolute atomic E-state index is 12.3. The Balaban J connectivity index is 1.46. The maximum Gasteiger partial charge on any atom is 0.252 e. The average Bonchev–Trinajstić information content (AvgIpc) is 3.05. The number of ether oxygens (including phenoxy) is 2. The number of fused-ring (bicyclic) bond motifs is 2. The number of hydrogen-bond acceptors (Lipinski definition) is 4. The summed E-state index contributed by atoms with van der Waals surface area (Å²) in [7, 11) is 0. The summed E-state index contributed by atoms with van der Waals surface area (Å²) in [6.07, 6.45) is 0.941. The lowest BCUT2D eigenvalue weighted by molar-refractivity contribution is 0.174. The molecule has 2 heterocycles. The monoisotopic (exact) mass is 336 g/mol. The summed E-state index contributed by atoms with van der Waals surface area (Å²) in [4.78, 5) is 15.2. The van der Waals surface area contributed by atoms with Gasteiger partial charge in [-0.15, -0.1) is 0 Å². The van der Waals surface area contributed by atoms with E-state index < -0.39 is 0 Å². The van der Waals surface area contributed by atoms with E-state index in [2.05, 4.69) is 35.4 Å². The SMILES string of the molecule is Cc1ccccc1CCNCc1cc2cc3c(cc2[nH]c1=O)OCO3. The molecule has 3 aromatic rings. The average molecular weight is 336 g/mol. The minimum Gasteiger partial charge on any atom is -0.454 e. The van der Waals surface area contributed by atoms with Crippen LogP contribution in [0.2, 0.25) is 0 Å². The van der Waals surface area contributed by atoms with Crippen LogP contribution in [0.3, 0.4) is 0 Å². The van der Waals surface area contributed by atoms with E-state index in [0.717, 1.165) is 35.2 Å². The van der Waals surface area contributed by atoms with E-state index in [-0.39, 0.29) is 12.4 Å². The first-order valence-electron chi connectivity index (χ1n) is 8.41.